The summed E-state index contributed by atoms with van der Waals surface area (Å²) in [4.78, 5) is 0. The number of rotatable bonds is 3. The van der Waals surface area contributed by atoms with Crippen molar-refractivity contribution in [1.29, 1.82) is 0 Å². The first-order chi connectivity index (χ1) is 4.41. The Balaban J connectivity index is 4.03. The molecule has 0 fully saturated rings. The van der Waals surface area contributed by atoms with Crippen molar-refractivity contribution in [3.05, 3.63) is 0 Å². The van der Waals surface area contributed by atoms with Crippen molar-refractivity contribution in [2.45, 2.75) is 33.3 Å². The molecule has 10 heavy (non-hydrogen) atoms. The second kappa shape index (κ2) is 3.35. The number of hydrogen-bond acceptors (Lipinski definition) is 2. The highest BCUT2D eigenvalue weighted by Crippen LogP contribution is 2.23. The van der Waals surface area contributed by atoms with Gasteiger partial charge >= 0.3 is 0 Å². The zero-order valence-corrected chi connectivity index (χ0v) is 7.26. The topological polar surface area (TPSA) is 40.5 Å². The van der Waals surface area contributed by atoms with E-state index in [2.05, 4.69) is 0 Å². The second-order valence-electron chi connectivity index (χ2n) is 3.55. The van der Waals surface area contributed by atoms with Crippen molar-refractivity contribution >= 4 is 0 Å². The quantitative estimate of drug-likeness (QED) is 0.624. The molecule has 0 bridgehead atoms. The molecule has 0 aliphatic heterocycles. The normalized spacial score (nSPS) is 20.7. The number of aliphatic hydroxyl groups excluding tert-OH is 1. The Morgan fingerprint density at radius 1 is 1.30 bits per heavy atom. The van der Waals surface area contributed by atoms with E-state index in [-0.39, 0.29) is 12.5 Å². The summed E-state index contributed by atoms with van der Waals surface area (Å²) in [5.41, 5.74) is -0.922. The molecule has 0 aromatic heterocycles. The standard InChI is InChI=1S/C8H18O2/c1-6(2)7(3)8(4,10)5-9/h6-7,9-10H,5H2,1-4H3/t7-,8+/m0/s1. The highest BCUT2D eigenvalue weighted by molar-refractivity contribution is 4.79. The van der Waals surface area contributed by atoms with Crippen LogP contribution in [0.3, 0.4) is 0 Å². The van der Waals surface area contributed by atoms with Crippen LogP contribution in [0.2, 0.25) is 0 Å². The molecule has 0 radical (unpaired) electrons. The maximum Gasteiger partial charge on any atom is 0.0877 e. The molecule has 0 aliphatic carbocycles. The van der Waals surface area contributed by atoms with Crippen molar-refractivity contribution in [2.75, 3.05) is 6.61 Å². The van der Waals surface area contributed by atoms with Gasteiger partial charge in [0.15, 0.2) is 0 Å². The number of aliphatic hydroxyl groups is 2. The molecule has 2 atom stereocenters. The van der Waals surface area contributed by atoms with Gasteiger partial charge in [0.1, 0.15) is 0 Å². The minimum absolute atomic E-state index is 0.137. The summed E-state index contributed by atoms with van der Waals surface area (Å²) in [5.74, 6) is 0.541. The lowest BCUT2D eigenvalue weighted by Gasteiger charge is -2.30. The molecule has 0 unspecified atom stereocenters. The van der Waals surface area contributed by atoms with Crippen LogP contribution in [0, 0.1) is 11.8 Å². The van der Waals surface area contributed by atoms with E-state index >= 15 is 0 Å². The third kappa shape index (κ3) is 2.27. The van der Waals surface area contributed by atoms with Gasteiger partial charge in [0.2, 0.25) is 0 Å². The van der Waals surface area contributed by atoms with Gasteiger partial charge in [-0.1, -0.05) is 20.8 Å². The summed E-state index contributed by atoms with van der Waals surface area (Å²) in [6, 6.07) is 0. The van der Waals surface area contributed by atoms with Gasteiger partial charge in [0.25, 0.3) is 0 Å². The average Bonchev–Trinajstić information content (AvgIpc) is 1.86. The third-order valence-corrected chi connectivity index (χ3v) is 2.30. The van der Waals surface area contributed by atoms with Gasteiger partial charge in [-0.05, 0) is 18.8 Å². The summed E-state index contributed by atoms with van der Waals surface area (Å²) < 4.78 is 0. The van der Waals surface area contributed by atoms with E-state index in [9.17, 15) is 5.11 Å². The Morgan fingerprint density at radius 2 is 1.70 bits per heavy atom. The Labute approximate surface area is 62.9 Å². The van der Waals surface area contributed by atoms with Gasteiger partial charge in [-0.15, -0.1) is 0 Å². The van der Waals surface area contributed by atoms with Crippen LogP contribution in [0.25, 0.3) is 0 Å². The van der Waals surface area contributed by atoms with Gasteiger partial charge in [0, 0.05) is 0 Å². The molecular formula is C8H18O2. The monoisotopic (exact) mass is 146 g/mol. The second-order valence-corrected chi connectivity index (χ2v) is 3.55. The summed E-state index contributed by atoms with van der Waals surface area (Å²) in [5, 5.41) is 18.3. The molecule has 0 amide bonds. The number of hydrogen-bond donors (Lipinski definition) is 2. The summed E-state index contributed by atoms with van der Waals surface area (Å²) in [6.45, 7) is 7.52. The molecule has 2 nitrogen and oxygen atoms in total. The van der Waals surface area contributed by atoms with Crippen LogP contribution in [-0.4, -0.2) is 22.4 Å². The van der Waals surface area contributed by atoms with Crippen LogP contribution in [-0.2, 0) is 0 Å². The van der Waals surface area contributed by atoms with Gasteiger partial charge in [-0.2, -0.15) is 0 Å². The van der Waals surface area contributed by atoms with Crippen molar-refractivity contribution in [1.82, 2.24) is 0 Å². The minimum Gasteiger partial charge on any atom is -0.393 e. The van der Waals surface area contributed by atoms with Crippen LogP contribution in [0.4, 0.5) is 0 Å². The lowest BCUT2D eigenvalue weighted by Crippen LogP contribution is -2.39. The lowest BCUT2D eigenvalue weighted by atomic mass is 9.83. The summed E-state index contributed by atoms with van der Waals surface area (Å²) in [7, 11) is 0. The third-order valence-electron chi connectivity index (χ3n) is 2.30. The fraction of sp³-hybridized carbons (Fsp3) is 1.00. The highest BCUT2D eigenvalue weighted by atomic mass is 16.3. The van der Waals surface area contributed by atoms with Gasteiger partial charge < -0.3 is 10.2 Å². The van der Waals surface area contributed by atoms with E-state index in [0.717, 1.165) is 0 Å². The van der Waals surface area contributed by atoms with Crippen LogP contribution < -0.4 is 0 Å². The Kier molecular flexibility index (Phi) is 3.33. The van der Waals surface area contributed by atoms with Crippen molar-refractivity contribution in [3.8, 4) is 0 Å². The molecule has 0 rings (SSSR count). The first-order valence-electron chi connectivity index (χ1n) is 3.75. The first kappa shape index (κ1) is 9.92. The molecule has 0 heterocycles. The predicted octanol–water partition coefficient (Wildman–Crippen LogP) is 1.02. The summed E-state index contributed by atoms with van der Waals surface area (Å²) >= 11 is 0. The molecule has 0 saturated heterocycles. The van der Waals surface area contributed by atoms with Gasteiger partial charge in [-0.25, -0.2) is 0 Å². The SMILES string of the molecule is CC(C)[C@H](C)[C@](C)(O)CO. The van der Waals surface area contributed by atoms with Crippen LogP contribution in [0.15, 0.2) is 0 Å². The minimum atomic E-state index is -0.922. The Bertz CT molecular complexity index is 97.4. The maximum absolute atomic E-state index is 9.51. The smallest absolute Gasteiger partial charge is 0.0877 e. The van der Waals surface area contributed by atoms with Crippen molar-refractivity contribution in [2.24, 2.45) is 11.8 Å². The van der Waals surface area contributed by atoms with Crippen molar-refractivity contribution in [3.63, 3.8) is 0 Å². The van der Waals surface area contributed by atoms with E-state index in [1.807, 2.05) is 20.8 Å². The molecule has 2 heteroatoms. The van der Waals surface area contributed by atoms with Crippen LogP contribution in [0.1, 0.15) is 27.7 Å². The molecule has 0 aliphatic rings. The predicted molar refractivity (Wildman–Crippen MR) is 41.7 cm³/mol. The lowest BCUT2D eigenvalue weighted by molar-refractivity contribution is -0.0548. The molecular weight excluding hydrogens is 128 g/mol. The maximum atomic E-state index is 9.51. The highest BCUT2D eigenvalue weighted by Gasteiger charge is 2.29. The van der Waals surface area contributed by atoms with E-state index in [1.54, 1.807) is 6.92 Å². The molecule has 0 saturated carbocycles. The zero-order valence-electron chi connectivity index (χ0n) is 7.26. The van der Waals surface area contributed by atoms with Crippen molar-refractivity contribution < 1.29 is 10.2 Å². The van der Waals surface area contributed by atoms with Gasteiger partial charge in [-0.3, -0.25) is 0 Å². The van der Waals surface area contributed by atoms with E-state index in [1.165, 1.54) is 0 Å². The van der Waals surface area contributed by atoms with Crippen LogP contribution >= 0.6 is 0 Å². The molecule has 0 aromatic rings. The fourth-order valence-electron chi connectivity index (χ4n) is 0.862. The van der Waals surface area contributed by atoms with E-state index in [4.69, 9.17) is 5.11 Å². The largest absolute Gasteiger partial charge is 0.393 e. The average molecular weight is 146 g/mol. The van der Waals surface area contributed by atoms with E-state index in [0.29, 0.717) is 5.92 Å². The van der Waals surface area contributed by atoms with E-state index < -0.39 is 5.60 Å². The zero-order chi connectivity index (χ0) is 8.36. The molecule has 62 valence electrons. The van der Waals surface area contributed by atoms with Crippen LogP contribution in [0.5, 0.6) is 0 Å². The van der Waals surface area contributed by atoms with Gasteiger partial charge in [0.05, 0.1) is 12.2 Å². The first-order valence-corrected chi connectivity index (χ1v) is 3.75. The molecule has 0 spiro atoms. The summed E-state index contributed by atoms with van der Waals surface area (Å²) in [6.07, 6.45) is 0. The molecule has 2 N–H and O–H groups in total. The Morgan fingerprint density at radius 3 is 1.80 bits per heavy atom. The Hall–Kier alpha value is -0.0800. The fourth-order valence-corrected chi connectivity index (χ4v) is 0.862. The molecule has 0 aromatic carbocycles.